The number of hydrogen-bond acceptors (Lipinski definition) is 4. The Bertz CT molecular complexity index is 584. The van der Waals surface area contributed by atoms with E-state index in [4.69, 9.17) is 9.15 Å². The number of ketones is 1. The fraction of sp³-hybridized carbons (Fsp3) is 0.400. The molecule has 4 nitrogen and oxygen atoms in total. The third-order valence-electron chi connectivity index (χ3n) is 3.70. The van der Waals surface area contributed by atoms with Crippen molar-refractivity contribution in [2.45, 2.75) is 12.5 Å². The molecule has 1 aliphatic heterocycles. The molecule has 0 amide bonds. The highest BCUT2D eigenvalue weighted by atomic mass is 16.5. The SMILES string of the molecule is CN(CC(=O)c1coc2ccccc12)C1CCOC1. The van der Waals surface area contributed by atoms with Gasteiger partial charge in [-0.2, -0.15) is 0 Å². The molecule has 1 saturated heterocycles. The summed E-state index contributed by atoms with van der Waals surface area (Å²) in [5.74, 6) is 0.0966. The van der Waals surface area contributed by atoms with Gasteiger partial charge in [0.25, 0.3) is 0 Å². The van der Waals surface area contributed by atoms with Gasteiger partial charge in [-0.05, 0) is 19.5 Å². The van der Waals surface area contributed by atoms with Gasteiger partial charge in [0.05, 0.1) is 18.7 Å². The van der Waals surface area contributed by atoms with Crippen molar-refractivity contribution >= 4 is 16.8 Å². The molecule has 0 N–H and O–H groups in total. The van der Waals surface area contributed by atoms with Crippen LogP contribution in [-0.2, 0) is 4.74 Å². The Hall–Kier alpha value is -1.65. The lowest BCUT2D eigenvalue weighted by Crippen LogP contribution is -2.36. The van der Waals surface area contributed by atoms with Gasteiger partial charge >= 0.3 is 0 Å². The molecular weight excluding hydrogens is 242 g/mol. The van der Waals surface area contributed by atoms with Crippen molar-refractivity contribution in [2.75, 3.05) is 26.8 Å². The second kappa shape index (κ2) is 5.15. The van der Waals surface area contributed by atoms with Crippen LogP contribution in [0.4, 0.5) is 0 Å². The Morgan fingerprint density at radius 2 is 2.26 bits per heavy atom. The van der Waals surface area contributed by atoms with E-state index in [-0.39, 0.29) is 5.78 Å². The molecule has 0 radical (unpaired) electrons. The number of hydrogen-bond donors (Lipinski definition) is 0. The number of carbonyl (C=O) groups excluding carboxylic acids is 1. The van der Waals surface area contributed by atoms with Gasteiger partial charge in [0.2, 0.25) is 0 Å². The standard InChI is InChI=1S/C15H17NO3/c1-16(11-6-7-18-9-11)8-14(17)13-10-19-15-5-3-2-4-12(13)15/h2-5,10-11H,6-9H2,1H3. The number of ether oxygens (including phenoxy) is 1. The molecule has 0 bridgehead atoms. The van der Waals surface area contributed by atoms with Gasteiger partial charge in [-0.15, -0.1) is 0 Å². The topological polar surface area (TPSA) is 42.7 Å². The summed E-state index contributed by atoms with van der Waals surface area (Å²) in [5, 5.41) is 0.892. The fourth-order valence-electron chi connectivity index (χ4n) is 2.50. The van der Waals surface area contributed by atoms with Gasteiger partial charge in [-0.3, -0.25) is 9.69 Å². The van der Waals surface area contributed by atoms with Gasteiger partial charge in [0.1, 0.15) is 11.8 Å². The lowest BCUT2D eigenvalue weighted by atomic mass is 10.1. The van der Waals surface area contributed by atoms with Crippen molar-refractivity contribution in [3.63, 3.8) is 0 Å². The van der Waals surface area contributed by atoms with E-state index in [1.165, 1.54) is 0 Å². The molecule has 3 rings (SSSR count). The molecule has 1 atom stereocenters. The zero-order chi connectivity index (χ0) is 13.2. The van der Waals surface area contributed by atoms with Crippen LogP contribution in [0.2, 0.25) is 0 Å². The van der Waals surface area contributed by atoms with Crippen LogP contribution >= 0.6 is 0 Å². The molecule has 1 aromatic heterocycles. The van der Waals surface area contributed by atoms with Crippen molar-refractivity contribution < 1.29 is 13.9 Å². The number of likely N-dealkylation sites (N-methyl/N-ethyl adjacent to an activating group) is 1. The summed E-state index contributed by atoms with van der Waals surface area (Å²) in [4.78, 5) is 14.4. The molecule has 1 aliphatic rings. The van der Waals surface area contributed by atoms with Crippen LogP contribution in [0.1, 0.15) is 16.8 Å². The number of rotatable bonds is 4. The molecular formula is C15H17NO3. The van der Waals surface area contributed by atoms with Crippen molar-refractivity contribution in [3.05, 3.63) is 36.1 Å². The number of carbonyl (C=O) groups is 1. The zero-order valence-corrected chi connectivity index (χ0v) is 11.0. The van der Waals surface area contributed by atoms with E-state index in [1.54, 1.807) is 6.26 Å². The predicted molar refractivity (Wildman–Crippen MR) is 72.4 cm³/mol. The maximum absolute atomic E-state index is 12.3. The van der Waals surface area contributed by atoms with E-state index in [0.29, 0.717) is 18.2 Å². The molecule has 1 fully saturated rings. The molecule has 100 valence electrons. The number of para-hydroxylation sites is 1. The fourth-order valence-corrected chi connectivity index (χ4v) is 2.50. The molecule has 0 saturated carbocycles. The summed E-state index contributed by atoms with van der Waals surface area (Å²) in [5.41, 5.74) is 1.43. The highest BCUT2D eigenvalue weighted by Gasteiger charge is 2.23. The normalized spacial score (nSPS) is 19.4. The first kappa shape index (κ1) is 12.4. The van der Waals surface area contributed by atoms with Crippen LogP contribution in [0.3, 0.4) is 0 Å². The Labute approximate surface area is 111 Å². The summed E-state index contributed by atoms with van der Waals surface area (Å²) in [6.07, 6.45) is 2.56. The molecule has 2 heterocycles. The Balaban J connectivity index is 1.76. The summed E-state index contributed by atoms with van der Waals surface area (Å²) in [6.45, 7) is 1.91. The van der Waals surface area contributed by atoms with Gasteiger partial charge in [0, 0.05) is 18.0 Å². The zero-order valence-electron chi connectivity index (χ0n) is 11.0. The Morgan fingerprint density at radius 3 is 3.05 bits per heavy atom. The number of fused-ring (bicyclic) bond motifs is 1. The monoisotopic (exact) mass is 259 g/mol. The van der Waals surface area contributed by atoms with Gasteiger partial charge in [-0.25, -0.2) is 0 Å². The molecule has 1 aromatic carbocycles. The van der Waals surface area contributed by atoms with E-state index in [0.717, 1.165) is 30.6 Å². The largest absolute Gasteiger partial charge is 0.464 e. The van der Waals surface area contributed by atoms with Crippen molar-refractivity contribution in [1.82, 2.24) is 4.90 Å². The second-order valence-electron chi connectivity index (χ2n) is 5.00. The Kier molecular flexibility index (Phi) is 3.36. The lowest BCUT2D eigenvalue weighted by Gasteiger charge is -2.21. The first-order valence-electron chi connectivity index (χ1n) is 6.53. The van der Waals surface area contributed by atoms with Crippen molar-refractivity contribution in [2.24, 2.45) is 0 Å². The van der Waals surface area contributed by atoms with Gasteiger partial charge in [-0.1, -0.05) is 18.2 Å². The average molecular weight is 259 g/mol. The summed E-state index contributed by atoms with van der Waals surface area (Å²) < 4.78 is 10.8. The number of benzene rings is 1. The minimum Gasteiger partial charge on any atom is -0.464 e. The van der Waals surface area contributed by atoms with E-state index in [1.807, 2.05) is 31.3 Å². The molecule has 0 aliphatic carbocycles. The van der Waals surface area contributed by atoms with Gasteiger partial charge < -0.3 is 9.15 Å². The second-order valence-corrected chi connectivity index (χ2v) is 5.00. The molecule has 19 heavy (non-hydrogen) atoms. The first-order valence-corrected chi connectivity index (χ1v) is 6.53. The number of furan rings is 1. The summed E-state index contributed by atoms with van der Waals surface area (Å²) >= 11 is 0. The molecule has 0 spiro atoms. The van der Waals surface area contributed by atoms with Crippen molar-refractivity contribution in [3.8, 4) is 0 Å². The average Bonchev–Trinajstić information content (AvgIpc) is 3.08. The van der Waals surface area contributed by atoms with E-state index >= 15 is 0 Å². The highest BCUT2D eigenvalue weighted by molar-refractivity contribution is 6.08. The molecule has 1 unspecified atom stereocenters. The van der Waals surface area contributed by atoms with Crippen LogP contribution in [-0.4, -0.2) is 43.5 Å². The van der Waals surface area contributed by atoms with Crippen LogP contribution in [0, 0.1) is 0 Å². The van der Waals surface area contributed by atoms with Crippen molar-refractivity contribution in [1.29, 1.82) is 0 Å². The van der Waals surface area contributed by atoms with Crippen LogP contribution < -0.4 is 0 Å². The first-order chi connectivity index (χ1) is 9.25. The number of Topliss-reactive ketones (excluding diaryl/α,β-unsaturated/α-hetero) is 1. The molecule has 2 aromatic rings. The van der Waals surface area contributed by atoms with Crippen LogP contribution in [0.25, 0.3) is 11.0 Å². The highest BCUT2D eigenvalue weighted by Crippen LogP contribution is 2.21. The molecule has 4 heteroatoms. The van der Waals surface area contributed by atoms with E-state index in [9.17, 15) is 4.79 Å². The smallest absolute Gasteiger partial charge is 0.180 e. The van der Waals surface area contributed by atoms with Gasteiger partial charge in [0.15, 0.2) is 5.78 Å². The quantitative estimate of drug-likeness (QED) is 0.790. The Morgan fingerprint density at radius 1 is 1.42 bits per heavy atom. The summed E-state index contributed by atoms with van der Waals surface area (Å²) in [6, 6.07) is 7.97. The minimum absolute atomic E-state index is 0.0966. The van der Waals surface area contributed by atoms with Crippen LogP contribution in [0.5, 0.6) is 0 Å². The van der Waals surface area contributed by atoms with E-state index in [2.05, 4.69) is 4.90 Å². The third kappa shape index (κ3) is 2.41. The minimum atomic E-state index is 0.0966. The lowest BCUT2D eigenvalue weighted by molar-refractivity contribution is 0.0908. The van der Waals surface area contributed by atoms with E-state index < -0.39 is 0 Å². The number of nitrogens with zero attached hydrogens (tertiary/aromatic N) is 1. The summed E-state index contributed by atoms with van der Waals surface area (Å²) in [7, 11) is 1.97. The van der Waals surface area contributed by atoms with Crippen LogP contribution in [0.15, 0.2) is 34.9 Å². The third-order valence-corrected chi connectivity index (χ3v) is 3.70. The maximum atomic E-state index is 12.3. The predicted octanol–water partition coefficient (Wildman–Crippen LogP) is 2.34. The maximum Gasteiger partial charge on any atom is 0.180 e.